The van der Waals surface area contributed by atoms with Gasteiger partial charge in [-0.25, -0.2) is 9.37 Å². The Balaban J connectivity index is 1.28. The molecule has 33 heavy (non-hydrogen) atoms. The number of aliphatic hydroxyl groups is 1. The molecule has 0 unspecified atom stereocenters. The molecule has 5 rings (SSSR count). The lowest BCUT2D eigenvalue weighted by Crippen LogP contribution is -2.35. The van der Waals surface area contributed by atoms with E-state index in [-0.39, 0.29) is 17.7 Å². The van der Waals surface area contributed by atoms with Crippen LogP contribution in [0.15, 0.2) is 54.7 Å². The Morgan fingerprint density at radius 1 is 1.18 bits per heavy atom. The predicted molar refractivity (Wildman–Crippen MR) is 125 cm³/mol. The first-order valence-corrected chi connectivity index (χ1v) is 11.1. The highest BCUT2D eigenvalue weighted by Crippen LogP contribution is 2.30. The Labute approximate surface area is 191 Å². The minimum atomic E-state index is -0.428. The predicted octanol–water partition coefficient (Wildman–Crippen LogP) is 4.90. The topological polar surface area (TPSA) is 86.3 Å². The third-order valence-electron chi connectivity index (χ3n) is 5.83. The number of nitrogens with one attached hydrogen (secondary N) is 2. The molecule has 2 aromatic carbocycles. The van der Waals surface area contributed by atoms with Gasteiger partial charge in [-0.05, 0) is 55.7 Å². The number of aryl methyl sites for hydroxylation is 1. The summed E-state index contributed by atoms with van der Waals surface area (Å²) >= 11 is 0. The highest BCUT2D eigenvalue weighted by Gasteiger charge is 2.17. The van der Waals surface area contributed by atoms with Crippen LogP contribution < -0.4 is 10.1 Å². The van der Waals surface area contributed by atoms with E-state index in [1.165, 1.54) is 5.56 Å². The quantitative estimate of drug-likeness (QED) is 0.390. The molecule has 1 fully saturated rings. The van der Waals surface area contributed by atoms with Crippen molar-refractivity contribution in [2.45, 2.75) is 32.4 Å². The summed E-state index contributed by atoms with van der Waals surface area (Å²) in [5.41, 5.74) is 3.63. The molecule has 0 radical (unpaired) electrons. The van der Waals surface area contributed by atoms with Crippen molar-refractivity contribution in [3.63, 3.8) is 0 Å². The normalized spacial score (nSPS) is 15.1. The molecule has 170 valence electrons. The number of piperidine rings is 1. The van der Waals surface area contributed by atoms with Crippen molar-refractivity contribution >= 4 is 22.5 Å². The molecule has 0 spiro atoms. The lowest BCUT2D eigenvalue weighted by Gasteiger charge is -2.29. The van der Waals surface area contributed by atoms with Crippen LogP contribution in [0.5, 0.6) is 11.6 Å². The number of H-pyrrole nitrogens is 1. The molecular formula is C25H26FN5O2. The molecule has 0 aliphatic carbocycles. The molecule has 3 heterocycles. The van der Waals surface area contributed by atoms with E-state index in [1.807, 2.05) is 19.1 Å². The molecular weight excluding hydrogens is 421 g/mol. The molecule has 1 aliphatic rings. The zero-order valence-corrected chi connectivity index (χ0v) is 18.4. The minimum Gasteiger partial charge on any atom is -0.436 e. The molecule has 2 aromatic heterocycles. The van der Waals surface area contributed by atoms with E-state index in [9.17, 15) is 9.50 Å². The van der Waals surface area contributed by atoms with Crippen molar-refractivity contribution in [2.24, 2.45) is 0 Å². The van der Waals surface area contributed by atoms with Crippen LogP contribution in [0.4, 0.5) is 16.0 Å². The lowest BCUT2D eigenvalue weighted by atomic mass is 10.1. The molecule has 1 saturated heterocycles. The van der Waals surface area contributed by atoms with Crippen LogP contribution in [0.2, 0.25) is 0 Å². The second kappa shape index (κ2) is 9.17. The summed E-state index contributed by atoms with van der Waals surface area (Å²) in [6.07, 6.45) is 3.03. The van der Waals surface area contributed by atoms with Gasteiger partial charge in [0, 0.05) is 54.2 Å². The number of aliphatic hydroxyl groups excluding tert-OH is 1. The van der Waals surface area contributed by atoms with Gasteiger partial charge in [0.2, 0.25) is 11.8 Å². The summed E-state index contributed by atoms with van der Waals surface area (Å²) in [5.74, 6) is 0.299. The molecule has 0 saturated carbocycles. The molecule has 0 bridgehead atoms. The van der Waals surface area contributed by atoms with Gasteiger partial charge in [0.1, 0.15) is 0 Å². The van der Waals surface area contributed by atoms with Crippen LogP contribution in [-0.2, 0) is 6.54 Å². The van der Waals surface area contributed by atoms with E-state index < -0.39 is 5.82 Å². The maximum atomic E-state index is 14.9. The summed E-state index contributed by atoms with van der Waals surface area (Å²) in [7, 11) is 0. The van der Waals surface area contributed by atoms with Gasteiger partial charge < -0.3 is 20.1 Å². The summed E-state index contributed by atoms with van der Waals surface area (Å²) in [6.45, 7) is 4.50. The van der Waals surface area contributed by atoms with Gasteiger partial charge in [0.05, 0.1) is 6.10 Å². The van der Waals surface area contributed by atoms with Crippen LogP contribution in [0.3, 0.4) is 0 Å². The van der Waals surface area contributed by atoms with Crippen molar-refractivity contribution in [3.8, 4) is 11.6 Å². The van der Waals surface area contributed by atoms with Crippen molar-refractivity contribution in [3.05, 3.63) is 71.8 Å². The van der Waals surface area contributed by atoms with E-state index in [0.717, 1.165) is 49.4 Å². The van der Waals surface area contributed by atoms with E-state index >= 15 is 0 Å². The number of fused-ring (bicyclic) bond motifs is 1. The summed E-state index contributed by atoms with van der Waals surface area (Å²) in [5, 5.41) is 13.4. The zero-order chi connectivity index (χ0) is 22.8. The largest absolute Gasteiger partial charge is 0.436 e. The Morgan fingerprint density at radius 3 is 2.88 bits per heavy atom. The Hall–Kier alpha value is -3.49. The molecule has 4 aromatic rings. The number of likely N-dealkylation sites (tertiary alicyclic amines) is 1. The molecule has 7 nitrogen and oxygen atoms in total. The molecule has 1 aliphatic heterocycles. The van der Waals surface area contributed by atoms with Crippen molar-refractivity contribution < 1.29 is 14.2 Å². The van der Waals surface area contributed by atoms with Gasteiger partial charge in [-0.2, -0.15) is 4.98 Å². The Bertz CT molecular complexity index is 1270. The highest BCUT2D eigenvalue weighted by molar-refractivity contribution is 5.82. The minimum absolute atomic E-state index is 0.111. The van der Waals surface area contributed by atoms with Crippen LogP contribution in [0.1, 0.15) is 24.1 Å². The smallest absolute Gasteiger partial charge is 0.230 e. The lowest BCUT2D eigenvalue weighted by molar-refractivity contribution is 0.0792. The third-order valence-corrected chi connectivity index (χ3v) is 5.83. The SMILES string of the molecule is Cc1cc2c(F)c(Oc3ccnc(Nc4cccc(CN5CCC(O)CC5)c4)n3)ccc2[nH]1. The van der Waals surface area contributed by atoms with Crippen molar-refractivity contribution in [2.75, 3.05) is 18.4 Å². The first-order chi connectivity index (χ1) is 16.0. The van der Waals surface area contributed by atoms with Crippen molar-refractivity contribution in [1.29, 1.82) is 0 Å². The Kier molecular flexibility index (Phi) is 5.93. The number of aromatic nitrogens is 3. The Morgan fingerprint density at radius 2 is 2.03 bits per heavy atom. The van der Waals surface area contributed by atoms with Crippen LogP contribution in [0, 0.1) is 12.7 Å². The van der Waals surface area contributed by atoms with Crippen LogP contribution in [-0.4, -0.2) is 44.2 Å². The average Bonchev–Trinajstić information content (AvgIpc) is 3.19. The first kappa shape index (κ1) is 21.4. The van der Waals surface area contributed by atoms with Gasteiger partial charge in [0.15, 0.2) is 11.6 Å². The fourth-order valence-corrected chi connectivity index (χ4v) is 4.15. The summed E-state index contributed by atoms with van der Waals surface area (Å²) in [6, 6.07) is 14.8. The number of rotatable bonds is 6. The average molecular weight is 448 g/mol. The van der Waals surface area contributed by atoms with Gasteiger partial charge in [-0.15, -0.1) is 0 Å². The van der Waals surface area contributed by atoms with Gasteiger partial charge >= 0.3 is 0 Å². The maximum absolute atomic E-state index is 14.9. The zero-order valence-electron chi connectivity index (χ0n) is 18.4. The van der Waals surface area contributed by atoms with E-state index in [0.29, 0.717) is 11.3 Å². The van der Waals surface area contributed by atoms with E-state index in [4.69, 9.17) is 4.74 Å². The monoisotopic (exact) mass is 447 g/mol. The molecule has 3 N–H and O–H groups in total. The fourth-order valence-electron chi connectivity index (χ4n) is 4.15. The second-order valence-corrected chi connectivity index (χ2v) is 8.44. The van der Waals surface area contributed by atoms with Crippen LogP contribution >= 0.6 is 0 Å². The highest BCUT2D eigenvalue weighted by atomic mass is 19.1. The molecule has 0 atom stereocenters. The van der Waals surface area contributed by atoms with E-state index in [1.54, 1.807) is 30.5 Å². The van der Waals surface area contributed by atoms with Crippen molar-refractivity contribution in [1.82, 2.24) is 19.9 Å². The standard InChI is InChI=1S/C25H26FN5O2/c1-16-13-20-21(28-16)5-6-22(24(20)26)33-23-7-10-27-25(30-23)29-18-4-2-3-17(14-18)15-31-11-8-19(32)9-12-31/h2-7,10,13-14,19,28,32H,8-9,11-12,15H2,1H3,(H,27,29,30). The number of ether oxygens (including phenoxy) is 1. The maximum Gasteiger partial charge on any atom is 0.230 e. The number of hydrogen-bond donors (Lipinski definition) is 3. The van der Waals surface area contributed by atoms with E-state index in [2.05, 4.69) is 37.3 Å². The number of hydrogen-bond acceptors (Lipinski definition) is 6. The van der Waals surface area contributed by atoms with Gasteiger partial charge in [0.25, 0.3) is 0 Å². The van der Waals surface area contributed by atoms with Crippen LogP contribution in [0.25, 0.3) is 10.9 Å². The van der Waals surface area contributed by atoms with Gasteiger partial charge in [-0.3, -0.25) is 4.90 Å². The van der Waals surface area contributed by atoms with Gasteiger partial charge in [-0.1, -0.05) is 12.1 Å². The molecule has 8 heteroatoms. The second-order valence-electron chi connectivity index (χ2n) is 8.44. The number of nitrogens with zero attached hydrogens (tertiary/aromatic N) is 3. The first-order valence-electron chi connectivity index (χ1n) is 11.1. The number of halogens is 1. The number of anilines is 2. The number of benzene rings is 2. The number of aromatic amines is 1. The molecule has 0 amide bonds. The third kappa shape index (κ3) is 4.97. The summed E-state index contributed by atoms with van der Waals surface area (Å²) in [4.78, 5) is 14.1. The summed E-state index contributed by atoms with van der Waals surface area (Å²) < 4.78 is 20.6. The fraction of sp³-hybridized carbons (Fsp3) is 0.280.